The monoisotopic (exact) mass is 309 g/mol. The van der Waals surface area contributed by atoms with E-state index in [0.29, 0.717) is 12.0 Å². The van der Waals surface area contributed by atoms with E-state index in [1.54, 1.807) is 0 Å². The van der Waals surface area contributed by atoms with Gasteiger partial charge in [-0.3, -0.25) is 4.79 Å². The molecule has 0 aromatic heterocycles. The van der Waals surface area contributed by atoms with Crippen LogP contribution < -0.4 is 5.32 Å². The highest BCUT2D eigenvalue weighted by molar-refractivity contribution is 9.10. The Morgan fingerprint density at radius 2 is 2.06 bits per heavy atom. The Morgan fingerprint density at radius 1 is 1.33 bits per heavy atom. The Hall–Kier alpha value is -0.830. The lowest BCUT2D eigenvalue weighted by molar-refractivity contribution is 0.0904. The predicted octanol–water partition coefficient (Wildman–Crippen LogP) is 4.15. The molecular weight excluding hydrogens is 290 g/mol. The number of benzene rings is 1. The fourth-order valence-electron chi connectivity index (χ4n) is 2.78. The van der Waals surface area contributed by atoms with Gasteiger partial charge in [0, 0.05) is 10.5 Å². The maximum absolute atomic E-state index is 12.3. The number of carbonyl (C=O) groups is 1. The zero-order valence-electron chi connectivity index (χ0n) is 10.8. The summed E-state index contributed by atoms with van der Waals surface area (Å²) in [6.07, 6.45) is 6.06. The Kier molecular flexibility index (Phi) is 4.81. The van der Waals surface area contributed by atoms with Crippen molar-refractivity contribution in [2.24, 2.45) is 5.92 Å². The fourth-order valence-corrected chi connectivity index (χ4v) is 3.24. The molecule has 1 fully saturated rings. The third-order valence-corrected chi connectivity index (χ3v) is 4.56. The van der Waals surface area contributed by atoms with Crippen molar-refractivity contribution < 1.29 is 4.79 Å². The van der Waals surface area contributed by atoms with Crippen LogP contribution in [0.2, 0.25) is 0 Å². The molecule has 3 heteroatoms. The van der Waals surface area contributed by atoms with Gasteiger partial charge in [0.1, 0.15) is 0 Å². The predicted molar refractivity (Wildman–Crippen MR) is 77.6 cm³/mol. The summed E-state index contributed by atoms with van der Waals surface area (Å²) >= 11 is 3.43. The average Bonchev–Trinajstić information content (AvgIpc) is 2.39. The van der Waals surface area contributed by atoms with E-state index in [1.807, 2.05) is 24.3 Å². The quantitative estimate of drug-likeness (QED) is 0.893. The highest BCUT2D eigenvalue weighted by Gasteiger charge is 2.25. The standard InChI is InChI=1S/C15H20BrNO/c1-2-11-7-3-6-10-14(11)17-15(18)12-8-4-5-9-13(12)16/h4-5,8-9,11,14H,2-3,6-7,10H2,1H3,(H,17,18). The van der Waals surface area contributed by atoms with Crippen molar-refractivity contribution in [3.05, 3.63) is 34.3 Å². The highest BCUT2D eigenvalue weighted by atomic mass is 79.9. The van der Waals surface area contributed by atoms with Crippen LogP contribution in [0.3, 0.4) is 0 Å². The summed E-state index contributed by atoms with van der Waals surface area (Å²) in [5, 5.41) is 3.21. The topological polar surface area (TPSA) is 29.1 Å². The van der Waals surface area contributed by atoms with Crippen molar-refractivity contribution in [3.63, 3.8) is 0 Å². The van der Waals surface area contributed by atoms with Gasteiger partial charge in [0.05, 0.1) is 5.56 Å². The fraction of sp³-hybridized carbons (Fsp3) is 0.533. The Morgan fingerprint density at radius 3 is 2.78 bits per heavy atom. The first kappa shape index (κ1) is 13.6. The number of nitrogens with one attached hydrogen (secondary N) is 1. The smallest absolute Gasteiger partial charge is 0.252 e. The maximum Gasteiger partial charge on any atom is 0.252 e. The van der Waals surface area contributed by atoms with Crippen LogP contribution in [0.5, 0.6) is 0 Å². The zero-order valence-corrected chi connectivity index (χ0v) is 12.4. The summed E-state index contributed by atoms with van der Waals surface area (Å²) in [5.41, 5.74) is 0.734. The lowest BCUT2D eigenvalue weighted by Crippen LogP contribution is -2.42. The van der Waals surface area contributed by atoms with Crippen LogP contribution in [0.15, 0.2) is 28.7 Å². The molecule has 0 bridgehead atoms. The van der Waals surface area contributed by atoms with E-state index < -0.39 is 0 Å². The molecular formula is C15H20BrNO. The summed E-state index contributed by atoms with van der Waals surface area (Å²) in [4.78, 5) is 12.3. The molecule has 0 spiro atoms. The van der Waals surface area contributed by atoms with Crippen molar-refractivity contribution in [2.75, 3.05) is 0 Å². The van der Waals surface area contributed by atoms with Gasteiger partial charge >= 0.3 is 0 Å². The van der Waals surface area contributed by atoms with Crippen molar-refractivity contribution in [1.82, 2.24) is 5.32 Å². The molecule has 1 aromatic rings. The van der Waals surface area contributed by atoms with E-state index in [9.17, 15) is 4.79 Å². The average molecular weight is 310 g/mol. The minimum atomic E-state index is 0.0489. The second-order valence-electron chi connectivity index (χ2n) is 5.01. The number of carbonyl (C=O) groups excluding carboxylic acids is 1. The summed E-state index contributed by atoms with van der Waals surface area (Å²) in [6, 6.07) is 7.95. The van der Waals surface area contributed by atoms with Gasteiger partial charge in [-0.2, -0.15) is 0 Å². The van der Waals surface area contributed by atoms with E-state index in [0.717, 1.165) is 22.9 Å². The summed E-state index contributed by atoms with van der Waals surface area (Å²) in [5.74, 6) is 0.693. The SMILES string of the molecule is CCC1CCCCC1NC(=O)c1ccccc1Br. The third-order valence-electron chi connectivity index (χ3n) is 3.87. The van der Waals surface area contributed by atoms with Crippen molar-refractivity contribution in [2.45, 2.75) is 45.1 Å². The van der Waals surface area contributed by atoms with Crippen LogP contribution >= 0.6 is 15.9 Å². The molecule has 1 N–H and O–H groups in total. The van der Waals surface area contributed by atoms with Gasteiger partial charge in [0.15, 0.2) is 0 Å². The minimum Gasteiger partial charge on any atom is -0.349 e. The van der Waals surface area contributed by atoms with Gasteiger partial charge in [-0.05, 0) is 46.8 Å². The Labute approximate surface area is 117 Å². The molecule has 0 heterocycles. The molecule has 1 aliphatic carbocycles. The highest BCUT2D eigenvalue weighted by Crippen LogP contribution is 2.27. The van der Waals surface area contributed by atoms with Gasteiger partial charge < -0.3 is 5.32 Å². The normalized spacial score (nSPS) is 23.7. The van der Waals surface area contributed by atoms with Crippen molar-refractivity contribution >= 4 is 21.8 Å². The van der Waals surface area contributed by atoms with E-state index in [4.69, 9.17) is 0 Å². The summed E-state index contributed by atoms with van der Waals surface area (Å²) in [7, 11) is 0. The lowest BCUT2D eigenvalue weighted by atomic mass is 9.83. The van der Waals surface area contributed by atoms with Gasteiger partial charge in [-0.25, -0.2) is 0 Å². The first-order valence-corrected chi connectivity index (χ1v) is 7.57. The van der Waals surface area contributed by atoms with Crippen LogP contribution in [0.25, 0.3) is 0 Å². The molecule has 1 saturated carbocycles. The van der Waals surface area contributed by atoms with Gasteiger partial charge in [-0.15, -0.1) is 0 Å². The number of hydrogen-bond donors (Lipinski definition) is 1. The van der Waals surface area contributed by atoms with E-state index in [1.165, 1.54) is 19.3 Å². The van der Waals surface area contributed by atoms with Crippen LogP contribution in [0, 0.1) is 5.92 Å². The molecule has 2 atom stereocenters. The first-order valence-electron chi connectivity index (χ1n) is 6.77. The molecule has 98 valence electrons. The summed E-state index contributed by atoms with van der Waals surface area (Å²) < 4.78 is 0.867. The van der Waals surface area contributed by atoms with E-state index >= 15 is 0 Å². The van der Waals surface area contributed by atoms with Crippen LogP contribution in [0.4, 0.5) is 0 Å². The molecule has 1 aromatic carbocycles. The second-order valence-corrected chi connectivity index (χ2v) is 5.87. The molecule has 2 unspecified atom stereocenters. The molecule has 2 nitrogen and oxygen atoms in total. The van der Waals surface area contributed by atoms with E-state index in [2.05, 4.69) is 28.2 Å². The Bertz CT molecular complexity index is 419. The molecule has 18 heavy (non-hydrogen) atoms. The van der Waals surface area contributed by atoms with Gasteiger partial charge in [0.2, 0.25) is 0 Å². The van der Waals surface area contributed by atoms with Crippen LogP contribution in [0.1, 0.15) is 49.4 Å². The molecule has 1 aliphatic rings. The maximum atomic E-state index is 12.3. The third kappa shape index (κ3) is 3.14. The molecule has 0 aliphatic heterocycles. The zero-order chi connectivity index (χ0) is 13.0. The number of rotatable bonds is 3. The molecule has 0 saturated heterocycles. The number of hydrogen-bond acceptors (Lipinski definition) is 1. The second kappa shape index (κ2) is 6.37. The number of halogens is 1. The van der Waals surface area contributed by atoms with Crippen LogP contribution in [-0.4, -0.2) is 11.9 Å². The minimum absolute atomic E-state index is 0.0489. The number of amides is 1. The summed E-state index contributed by atoms with van der Waals surface area (Å²) in [6.45, 7) is 2.22. The first-order chi connectivity index (χ1) is 8.72. The molecule has 2 rings (SSSR count). The van der Waals surface area contributed by atoms with Crippen molar-refractivity contribution in [3.8, 4) is 0 Å². The Balaban J connectivity index is 2.04. The molecule has 1 amide bonds. The van der Waals surface area contributed by atoms with Gasteiger partial charge in [0.25, 0.3) is 5.91 Å². The molecule has 0 radical (unpaired) electrons. The van der Waals surface area contributed by atoms with E-state index in [-0.39, 0.29) is 5.91 Å². The van der Waals surface area contributed by atoms with Gasteiger partial charge in [-0.1, -0.05) is 38.3 Å². The largest absolute Gasteiger partial charge is 0.349 e. The van der Waals surface area contributed by atoms with Crippen LogP contribution in [-0.2, 0) is 0 Å². The lowest BCUT2D eigenvalue weighted by Gasteiger charge is -2.31. The van der Waals surface area contributed by atoms with Crippen molar-refractivity contribution in [1.29, 1.82) is 0 Å².